The minimum absolute atomic E-state index is 0.0294. The molecule has 2 fully saturated rings. The number of nitrogens with zero attached hydrogens (tertiary/aromatic N) is 2. The molecule has 126 valence electrons. The van der Waals surface area contributed by atoms with Crippen LogP contribution in [0, 0.1) is 5.41 Å². The molecule has 0 aliphatic carbocycles. The third-order valence-corrected chi connectivity index (χ3v) is 4.75. The lowest BCUT2D eigenvalue weighted by Crippen LogP contribution is -2.52. The summed E-state index contributed by atoms with van der Waals surface area (Å²) in [5.41, 5.74) is -0.0294. The van der Waals surface area contributed by atoms with Gasteiger partial charge in [0.05, 0.1) is 0 Å². The quantitative estimate of drug-likeness (QED) is 0.862. The average Bonchev–Trinajstić information content (AvgIpc) is 2.94. The Morgan fingerprint density at radius 1 is 1.09 bits per heavy atom. The number of likely N-dealkylation sites (tertiary alicyclic amines) is 2. The second-order valence-corrected chi connectivity index (χ2v) is 7.87. The Morgan fingerprint density at radius 2 is 1.73 bits per heavy atom. The highest BCUT2D eigenvalue weighted by Crippen LogP contribution is 2.26. The molecule has 2 aliphatic rings. The number of rotatable bonds is 3. The lowest BCUT2D eigenvalue weighted by atomic mass is 9.91. The maximum Gasteiger partial charge on any atom is 0.245 e. The van der Waals surface area contributed by atoms with E-state index < -0.39 is 0 Å². The topological polar surface area (TPSA) is 52.7 Å². The molecule has 0 bridgehead atoms. The molecule has 2 amide bonds. The Balaban J connectivity index is 1.95. The summed E-state index contributed by atoms with van der Waals surface area (Å²) in [4.78, 5) is 29.1. The van der Waals surface area contributed by atoms with Crippen LogP contribution in [0.25, 0.3) is 0 Å². The summed E-state index contributed by atoms with van der Waals surface area (Å²) >= 11 is 0. The second kappa shape index (κ2) is 6.99. The summed E-state index contributed by atoms with van der Waals surface area (Å²) in [5.74, 6) is 0.294. The number of amides is 2. The van der Waals surface area contributed by atoms with Gasteiger partial charge in [0.15, 0.2) is 0 Å². The number of nitrogens with one attached hydrogen (secondary N) is 1. The summed E-state index contributed by atoms with van der Waals surface area (Å²) in [7, 11) is 1.98. The van der Waals surface area contributed by atoms with Gasteiger partial charge in [0.25, 0.3) is 0 Å². The fourth-order valence-electron chi connectivity index (χ4n) is 3.48. The average molecular weight is 309 g/mol. The zero-order valence-corrected chi connectivity index (χ0v) is 14.5. The van der Waals surface area contributed by atoms with E-state index in [4.69, 9.17) is 0 Å². The summed E-state index contributed by atoms with van der Waals surface area (Å²) in [6.45, 7) is 8.56. The zero-order valence-electron chi connectivity index (χ0n) is 14.5. The van der Waals surface area contributed by atoms with Crippen molar-refractivity contribution in [2.24, 2.45) is 5.41 Å². The number of carbonyl (C=O) groups is 2. The fourth-order valence-corrected chi connectivity index (χ4v) is 3.48. The SMILES string of the molecule is CNC1CCN(C(=O)C2CCCN2C(=O)CC(C)(C)C)CC1. The van der Waals surface area contributed by atoms with Gasteiger partial charge in [-0.1, -0.05) is 20.8 Å². The first-order valence-electron chi connectivity index (χ1n) is 8.57. The summed E-state index contributed by atoms with van der Waals surface area (Å²) in [6.07, 6.45) is 4.29. The highest BCUT2D eigenvalue weighted by molar-refractivity contribution is 5.88. The van der Waals surface area contributed by atoms with Gasteiger partial charge < -0.3 is 15.1 Å². The van der Waals surface area contributed by atoms with Crippen LogP contribution in [0.3, 0.4) is 0 Å². The van der Waals surface area contributed by atoms with E-state index in [1.165, 1.54) is 0 Å². The van der Waals surface area contributed by atoms with Crippen molar-refractivity contribution in [2.45, 2.75) is 65.0 Å². The molecule has 1 N–H and O–H groups in total. The zero-order chi connectivity index (χ0) is 16.3. The summed E-state index contributed by atoms with van der Waals surface area (Å²) < 4.78 is 0. The lowest BCUT2D eigenvalue weighted by Gasteiger charge is -2.36. The highest BCUT2D eigenvalue weighted by Gasteiger charge is 2.38. The maximum atomic E-state index is 12.8. The minimum Gasteiger partial charge on any atom is -0.341 e. The smallest absolute Gasteiger partial charge is 0.245 e. The molecule has 0 saturated carbocycles. The number of piperidine rings is 1. The molecule has 0 radical (unpaired) electrons. The molecule has 0 aromatic heterocycles. The van der Waals surface area contributed by atoms with Gasteiger partial charge in [-0.15, -0.1) is 0 Å². The fraction of sp³-hybridized carbons (Fsp3) is 0.882. The highest BCUT2D eigenvalue weighted by atomic mass is 16.2. The van der Waals surface area contributed by atoms with E-state index in [-0.39, 0.29) is 23.3 Å². The largest absolute Gasteiger partial charge is 0.341 e. The molecule has 2 rings (SSSR count). The molecule has 1 unspecified atom stereocenters. The molecular formula is C17H31N3O2. The molecule has 0 aromatic rings. The maximum absolute atomic E-state index is 12.8. The van der Waals surface area contributed by atoms with Crippen molar-refractivity contribution in [1.29, 1.82) is 0 Å². The first kappa shape index (κ1) is 17.3. The van der Waals surface area contributed by atoms with Crippen molar-refractivity contribution in [1.82, 2.24) is 15.1 Å². The van der Waals surface area contributed by atoms with Crippen LogP contribution in [0.15, 0.2) is 0 Å². The molecule has 0 aromatic carbocycles. The molecule has 0 spiro atoms. The third-order valence-electron chi connectivity index (χ3n) is 4.75. The predicted molar refractivity (Wildman–Crippen MR) is 87.5 cm³/mol. The Bertz CT molecular complexity index is 409. The van der Waals surface area contributed by atoms with Crippen LogP contribution < -0.4 is 5.32 Å². The van der Waals surface area contributed by atoms with Crippen LogP contribution >= 0.6 is 0 Å². The second-order valence-electron chi connectivity index (χ2n) is 7.87. The molecule has 5 heteroatoms. The lowest BCUT2D eigenvalue weighted by molar-refractivity contribution is -0.145. The Morgan fingerprint density at radius 3 is 2.27 bits per heavy atom. The molecule has 2 heterocycles. The molecule has 1 atom stereocenters. The van der Waals surface area contributed by atoms with Crippen molar-refractivity contribution in [3.8, 4) is 0 Å². The van der Waals surface area contributed by atoms with Crippen molar-refractivity contribution in [3.05, 3.63) is 0 Å². The van der Waals surface area contributed by atoms with Gasteiger partial charge in [-0.2, -0.15) is 0 Å². The van der Waals surface area contributed by atoms with Gasteiger partial charge in [0, 0.05) is 32.1 Å². The van der Waals surface area contributed by atoms with Gasteiger partial charge in [0.1, 0.15) is 6.04 Å². The van der Waals surface area contributed by atoms with E-state index in [1.54, 1.807) is 0 Å². The number of carbonyl (C=O) groups excluding carboxylic acids is 2. The van der Waals surface area contributed by atoms with Crippen LogP contribution in [0.4, 0.5) is 0 Å². The molecule has 22 heavy (non-hydrogen) atoms. The van der Waals surface area contributed by atoms with E-state index in [1.807, 2.05) is 16.8 Å². The Kier molecular flexibility index (Phi) is 5.48. The first-order valence-corrected chi connectivity index (χ1v) is 8.57. The van der Waals surface area contributed by atoms with E-state index >= 15 is 0 Å². The minimum atomic E-state index is -0.221. The van der Waals surface area contributed by atoms with Gasteiger partial charge in [0.2, 0.25) is 11.8 Å². The van der Waals surface area contributed by atoms with E-state index in [0.29, 0.717) is 12.5 Å². The molecule has 5 nitrogen and oxygen atoms in total. The summed E-state index contributed by atoms with van der Waals surface area (Å²) in [6, 6.07) is 0.298. The van der Waals surface area contributed by atoms with Gasteiger partial charge >= 0.3 is 0 Å². The molecular weight excluding hydrogens is 278 g/mol. The van der Waals surface area contributed by atoms with Gasteiger partial charge in [-0.25, -0.2) is 0 Å². The molecule has 2 saturated heterocycles. The predicted octanol–water partition coefficient (Wildman–Crippen LogP) is 1.62. The monoisotopic (exact) mass is 309 g/mol. The number of hydrogen-bond acceptors (Lipinski definition) is 3. The Hall–Kier alpha value is -1.10. The van der Waals surface area contributed by atoms with Crippen LogP contribution in [0.5, 0.6) is 0 Å². The van der Waals surface area contributed by atoms with Crippen molar-refractivity contribution >= 4 is 11.8 Å². The third kappa shape index (κ3) is 4.22. The number of hydrogen-bond donors (Lipinski definition) is 1. The van der Waals surface area contributed by atoms with Gasteiger partial charge in [-0.3, -0.25) is 9.59 Å². The van der Waals surface area contributed by atoms with Crippen LogP contribution in [-0.4, -0.2) is 60.4 Å². The summed E-state index contributed by atoms with van der Waals surface area (Å²) in [5, 5.41) is 3.28. The molecule has 2 aliphatic heterocycles. The van der Waals surface area contributed by atoms with Gasteiger partial charge in [-0.05, 0) is 38.1 Å². The van der Waals surface area contributed by atoms with Crippen molar-refractivity contribution in [3.63, 3.8) is 0 Å². The van der Waals surface area contributed by atoms with Crippen molar-refractivity contribution in [2.75, 3.05) is 26.7 Å². The Labute approximate surface area is 134 Å². The van der Waals surface area contributed by atoms with Crippen LogP contribution in [0.2, 0.25) is 0 Å². The van der Waals surface area contributed by atoms with E-state index in [9.17, 15) is 9.59 Å². The standard InChI is InChI=1S/C17H31N3O2/c1-17(2,3)12-15(21)20-9-5-6-14(20)16(22)19-10-7-13(18-4)8-11-19/h13-14,18H,5-12H2,1-4H3. The van der Waals surface area contributed by atoms with Crippen LogP contribution in [-0.2, 0) is 9.59 Å². The first-order chi connectivity index (χ1) is 10.3. The van der Waals surface area contributed by atoms with Crippen LogP contribution in [0.1, 0.15) is 52.9 Å². The van der Waals surface area contributed by atoms with E-state index in [2.05, 4.69) is 26.1 Å². The normalized spacial score (nSPS) is 23.9. The van der Waals surface area contributed by atoms with Crippen molar-refractivity contribution < 1.29 is 9.59 Å². The van der Waals surface area contributed by atoms with E-state index in [0.717, 1.165) is 45.3 Å².